The number of fused-ring (bicyclic) bond motifs is 1. The second-order valence-corrected chi connectivity index (χ2v) is 8.90. The second-order valence-electron chi connectivity index (χ2n) is 7.02. The SMILES string of the molecule is CNS(=O)(=O)c1ccc(OC(C)C)c(Nc2ncnc3[nH]nc(-c4ccnn4C)c23)c1. The van der Waals surface area contributed by atoms with Crippen LogP contribution < -0.4 is 14.8 Å². The highest BCUT2D eigenvalue weighted by atomic mass is 32.2. The van der Waals surface area contributed by atoms with Crippen molar-refractivity contribution in [3.63, 3.8) is 0 Å². The lowest BCUT2D eigenvalue weighted by atomic mass is 10.2. The molecule has 162 valence electrons. The van der Waals surface area contributed by atoms with Crippen molar-refractivity contribution in [1.29, 1.82) is 0 Å². The third-order valence-corrected chi connectivity index (χ3v) is 5.98. The maximum atomic E-state index is 12.3. The average molecular weight is 443 g/mol. The van der Waals surface area contributed by atoms with Gasteiger partial charge in [0, 0.05) is 13.2 Å². The van der Waals surface area contributed by atoms with E-state index in [4.69, 9.17) is 4.74 Å². The smallest absolute Gasteiger partial charge is 0.240 e. The quantitative estimate of drug-likeness (QED) is 0.396. The molecule has 0 atom stereocenters. The van der Waals surface area contributed by atoms with E-state index < -0.39 is 10.0 Å². The highest BCUT2D eigenvalue weighted by Crippen LogP contribution is 2.35. The highest BCUT2D eigenvalue weighted by molar-refractivity contribution is 7.89. The van der Waals surface area contributed by atoms with Gasteiger partial charge in [-0.05, 0) is 45.2 Å². The third-order valence-electron chi connectivity index (χ3n) is 4.57. The van der Waals surface area contributed by atoms with Gasteiger partial charge in [0.2, 0.25) is 10.0 Å². The number of rotatable bonds is 7. The summed E-state index contributed by atoms with van der Waals surface area (Å²) in [4.78, 5) is 8.72. The summed E-state index contributed by atoms with van der Waals surface area (Å²) in [5, 5.41) is 15.3. The van der Waals surface area contributed by atoms with E-state index in [9.17, 15) is 8.42 Å². The molecule has 0 fully saturated rings. The minimum Gasteiger partial charge on any atom is -0.489 e. The Balaban J connectivity index is 1.86. The third kappa shape index (κ3) is 3.94. The predicted molar refractivity (Wildman–Crippen MR) is 116 cm³/mol. The first-order valence-electron chi connectivity index (χ1n) is 9.49. The fourth-order valence-electron chi connectivity index (χ4n) is 3.12. The van der Waals surface area contributed by atoms with Gasteiger partial charge in [-0.15, -0.1) is 0 Å². The van der Waals surface area contributed by atoms with Crippen molar-refractivity contribution in [2.24, 2.45) is 7.05 Å². The standard InChI is InChI=1S/C19H22N8O3S/c1-11(2)30-15-6-5-12(31(28,29)20-3)9-13(15)24-18-16-17(14-7-8-23-27(14)4)25-26-19(16)22-10-21-18/h5-11,20H,1-4H3,(H2,21,22,24,25,26). The molecule has 0 aliphatic heterocycles. The Morgan fingerprint density at radius 2 is 2.00 bits per heavy atom. The first-order valence-corrected chi connectivity index (χ1v) is 11.0. The molecule has 3 N–H and O–H groups in total. The lowest BCUT2D eigenvalue weighted by Crippen LogP contribution is -2.19. The van der Waals surface area contributed by atoms with E-state index in [1.54, 1.807) is 16.9 Å². The molecule has 11 nitrogen and oxygen atoms in total. The van der Waals surface area contributed by atoms with Crippen LogP contribution in [0.4, 0.5) is 11.5 Å². The molecule has 0 unspecified atom stereocenters. The summed E-state index contributed by atoms with van der Waals surface area (Å²) in [5.41, 5.74) is 2.36. The normalized spacial score (nSPS) is 11.9. The number of aromatic nitrogens is 6. The molecule has 3 aromatic heterocycles. The van der Waals surface area contributed by atoms with Crippen LogP contribution in [0.25, 0.3) is 22.4 Å². The van der Waals surface area contributed by atoms with Gasteiger partial charge in [0.05, 0.1) is 27.8 Å². The number of sulfonamides is 1. The first kappa shape index (κ1) is 20.8. The Morgan fingerprint density at radius 3 is 2.68 bits per heavy atom. The summed E-state index contributed by atoms with van der Waals surface area (Å²) in [5.74, 6) is 0.935. The molecule has 0 aliphatic carbocycles. The summed E-state index contributed by atoms with van der Waals surface area (Å²) < 4.78 is 34.5. The molecule has 31 heavy (non-hydrogen) atoms. The Kier molecular flexibility index (Phi) is 5.33. The van der Waals surface area contributed by atoms with Gasteiger partial charge in [0.15, 0.2) is 5.65 Å². The van der Waals surface area contributed by atoms with Gasteiger partial charge < -0.3 is 10.1 Å². The van der Waals surface area contributed by atoms with Crippen molar-refractivity contribution in [3.05, 3.63) is 36.8 Å². The summed E-state index contributed by atoms with van der Waals surface area (Å²) >= 11 is 0. The van der Waals surface area contributed by atoms with Gasteiger partial charge in [-0.3, -0.25) is 9.78 Å². The topological polar surface area (TPSA) is 140 Å². The van der Waals surface area contributed by atoms with Crippen molar-refractivity contribution in [2.45, 2.75) is 24.8 Å². The van der Waals surface area contributed by atoms with Gasteiger partial charge in [0.25, 0.3) is 0 Å². The molecule has 0 spiro atoms. The number of aryl methyl sites for hydroxylation is 1. The van der Waals surface area contributed by atoms with Crippen LogP contribution in [-0.4, -0.2) is 51.5 Å². The van der Waals surface area contributed by atoms with Crippen LogP contribution in [0, 0.1) is 0 Å². The zero-order valence-electron chi connectivity index (χ0n) is 17.4. The molecule has 0 radical (unpaired) electrons. The molecule has 0 saturated heterocycles. The summed E-state index contributed by atoms with van der Waals surface area (Å²) in [7, 11) is -0.473. The van der Waals surface area contributed by atoms with Crippen LogP contribution in [-0.2, 0) is 17.1 Å². The first-order chi connectivity index (χ1) is 14.8. The van der Waals surface area contributed by atoms with Gasteiger partial charge in [-0.2, -0.15) is 10.2 Å². The zero-order chi connectivity index (χ0) is 22.2. The van der Waals surface area contributed by atoms with Gasteiger partial charge in [-0.1, -0.05) is 0 Å². The Bertz CT molecular complexity index is 1340. The largest absolute Gasteiger partial charge is 0.489 e. The van der Waals surface area contributed by atoms with Gasteiger partial charge >= 0.3 is 0 Å². The van der Waals surface area contributed by atoms with Gasteiger partial charge in [0.1, 0.15) is 23.6 Å². The van der Waals surface area contributed by atoms with Crippen LogP contribution in [0.5, 0.6) is 5.75 Å². The van der Waals surface area contributed by atoms with E-state index in [1.807, 2.05) is 27.0 Å². The van der Waals surface area contributed by atoms with E-state index in [2.05, 4.69) is 35.3 Å². The van der Waals surface area contributed by atoms with Crippen molar-refractivity contribution in [1.82, 2.24) is 34.7 Å². The summed E-state index contributed by atoms with van der Waals surface area (Å²) in [6.07, 6.45) is 2.96. The lowest BCUT2D eigenvalue weighted by Gasteiger charge is -2.17. The molecule has 0 bridgehead atoms. The van der Waals surface area contributed by atoms with Crippen LogP contribution in [0.15, 0.2) is 41.7 Å². The van der Waals surface area contributed by atoms with Crippen molar-refractivity contribution in [3.8, 4) is 17.1 Å². The number of ether oxygens (including phenoxy) is 1. The molecule has 0 aliphatic rings. The van der Waals surface area contributed by atoms with Crippen molar-refractivity contribution >= 4 is 32.6 Å². The molecule has 3 heterocycles. The monoisotopic (exact) mass is 442 g/mol. The van der Waals surface area contributed by atoms with Crippen LogP contribution in [0.2, 0.25) is 0 Å². The number of hydrogen-bond acceptors (Lipinski definition) is 8. The molecular weight excluding hydrogens is 420 g/mol. The number of nitrogens with zero attached hydrogens (tertiary/aromatic N) is 5. The van der Waals surface area contributed by atoms with Crippen molar-refractivity contribution < 1.29 is 13.2 Å². The Hall–Kier alpha value is -3.51. The van der Waals surface area contributed by atoms with Crippen LogP contribution >= 0.6 is 0 Å². The minimum absolute atomic E-state index is 0.0953. The van der Waals surface area contributed by atoms with E-state index in [1.165, 1.54) is 25.5 Å². The molecule has 4 aromatic rings. The van der Waals surface area contributed by atoms with Crippen LogP contribution in [0.3, 0.4) is 0 Å². The molecular formula is C19H22N8O3S. The average Bonchev–Trinajstić information content (AvgIpc) is 3.35. The number of nitrogens with one attached hydrogen (secondary N) is 3. The number of hydrogen-bond donors (Lipinski definition) is 3. The Morgan fingerprint density at radius 1 is 1.19 bits per heavy atom. The van der Waals surface area contributed by atoms with E-state index in [0.29, 0.717) is 34.0 Å². The van der Waals surface area contributed by atoms with E-state index in [-0.39, 0.29) is 11.0 Å². The van der Waals surface area contributed by atoms with E-state index >= 15 is 0 Å². The summed E-state index contributed by atoms with van der Waals surface area (Å²) in [6, 6.07) is 6.44. The van der Waals surface area contributed by atoms with Crippen molar-refractivity contribution in [2.75, 3.05) is 12.4 Å². The Labute approximate surface area is 178 Å². The molecule has 0 amide bonds. The maximum absolute atomic E-state index is 12.3. The molecule has 12 heteroatoms. The molecule has 0 saturated carbocycles. The number of H-pyrrole nitrogens is 1. The van der Waals surface area contributed by atoms with E-state index in [0.717, 1.165) is 5.69 Å². The fraction of sp³-hybridized carbons (Fsp3) is 0.263. The summed E-state index contributed by atoms with van der Waals surface area (Å²) in [6.45, 7) is 3.78. The maximum Gasteiger partial charge on any atom is 0.240 e. The fourth-order valence-corrected chi connectivity index (χ4v) is 3.88. The molecule has 4 rings (SSSR count). The van der Waals surface area contributed by atoms with Gasteiger partial charge in [-0.25, -0.2) is 23.1 Å². The number of aromatic amines is 1. The predicted octanol–water partition coefficient (Wildman–Crippen LogP) is 2.19. The number of anilines is 2. The minimum atomic E-state index is -3.65. The van der Waals surface area contributed by atoms with Crippen LogP contribution in [0.1, 0.15) is 13.8 Å². The molecule has 1 aromatic carbocycles. The second kappa shape index (κ2) is 7.96. The number of benzene rings is 1. The zero-order valence-corrected chi connectivity index (χ0v) is 18.2. The highest BCUT2D eigenvalue weighted by Gasteiger charge is 2.20. The lowest BCUT2D eigenvalue weighted by molar-refractivity contribution is 0.243.